The van der Waals surface area contributed by atoms with Gasteiger partial charge in [-0.15, -0.1) is 0 Å². The number of aromatic amines is 1. The average molecular weight is 290 g/mol. The Hall–Kier alpha value is -2.39. The van der Waals surface area contributed by atoms with Crippen LogP contribution in [0.25, 0.3) is 22.0 Å². The van der Waals surface area contributed by atoms with Gasteiger partial charge < -0.3 is 9.88 Å². The van der Waals surface area contributed by atoms with Crippen molar-refractivity contribution >= 4 is 10.8 Å². The van der Waals surface area contributed by atoms with E-state index >= 15 is 0 Å². The molecule has 3 nitrogen and oxygen atoms in total. The summed E-state index contributed by atoms with van der Waals surface area (Å²) in [5, 5.41) is 1.86. The molecule has 0 atom stereocenters. The van der Waals surface area contributed by atoms with E-state index in [1.54, 1.807) is 0 Å². The molecule has 0 saturated carbocycles. The van der Waals surface area contributed by atoms with Crippen LogP contribution in [0.4, 0.5) is 0 Å². The largest absolute Gasteiger partial charge is 0.321 e. The number of aromatic nitrogens is 1. The van der Waals surface area contributed by atoms with Gasteiger partial charge in [-0.2, -0.15) is 0 Å². The zero-order chi connectivity index (χ0) is 15.3. The number of benzene rings is 2. The maximum absolute atomic E-state index is 12.3. The molecule has 0 amide bonds. The van der Waals surface area contributed by atoms with Crippen LogP contribution in [-0.2, 0) is 13.0 Å². The number of fused-ring (bicyclic) bond motifs is 5. The smallest absolute Gasteiger partial charge is 0.256 e. The Morgan fingerprint density at radius 3 is 2.64 bits per heavy atom. The first kappa shape index (κ1) is 13.3. The van der Waals surface area contributed by atoms with E-state index in [-0.39, 0.29) is 5.56 Å². The predicted octanol–water partition coefficient (Wildman–Crippen LogP) is 3.16. The Balaban J connectivity index is 1.95. The van der Waals surface area contributed by atoms with Gasteiger partial charge in [-0.3, -0.25) is 4.79 Å². The summed E-state index contributed by atoms with van der Waals surface area (Å²) in [4.78, 5) is 17.6. The van der Waals surface area contributed by atoms with Gasteiger partial charge in [0.25, 0.3) is 5.56 Å². The normalized spacial score (nSPS) is 12.7. The summed E-state index contributed by atoms with van der Waals surface area (Å²) in [6.07, 6.45) is 0.893. The molecule has 0 aliphatic heterocycles. The minimum absolute atomic E-state index is 0.000197. The monoisotopic (exact) mass is 290 g/mol. The highest BCUT2D eigenvalue weighted by Gasteiger charge is 2.22. The van der Waals surface area contributed by atoms with Crippen molar-refractivity contribution in [2.24, 2.45) is 0 Å². The third kappa shape index (κ3) is 1.97. The number of hydrogen-bond acceptors (Lipinski definition) is 2. The quantitative estimate of drug-likeness (QED) is 0.615. The molecule has 0 bridgehead atoms. The molecule has 4 rings (SSSR count). The molecular formula is C19H18N2O. The Bertz CT molecular complexity index is 938. The summed E-state index contributed by atoms with van der Waals surface area (Å²) in [5.74, 6) is 0. The van der Waals surface area contributed by atoms with E-state index in [0.717, 1.165) is 29.4 Å². The summed E-state index contributed by atoms with van der Waals surface area (Å²) in [6.45, 7) is 0.903. The molecule has 22 heavy (non-hydrogen) atoms. The molecule has 3 heteroatoms. The second-order valence-corrected chi connectivity index (χ2v) is 6.26. The lowest BCUT2D eigenvalue weighted by Crippen LogP contribution is -2.11. The van der Waals surface area contributed by atoms with Crippen LogP contribution in [0.1, 0.15) is 16.7 Å². The van der Waals surface area contributed by atoms with Crippen molar-refractivity contribution < 1.29 is 0 Å². The first-order valence-corrected chi connectivity index (χ1v) is 7.54. The fraction of sp³-hybridized carbons (Fsp3) is 0.211. The molecule has 1 aliphatic rings. The summed E-state index contributed by atoms with van der Waals surface area (Å²) in [6, 6.07) is 14.5. The average Bonchev–Trinajstić information content (AvgIpc) is 2.85. The van der Waals surface area contributed by atoms with Gasteiger partial charge in [0, 0.05) is 23.9 Å². The molecule has 110 valence electrons. The van der Waals surface area contributed by atoms with Gasteiger partial charge in [0.05, 0.1) is 5.69 Å². The molecule has 0 unspecified atom stereocenters. The van der Waals surface area contributed by atoms with Crippen molar-refractivity contribution in [1.82, 2.24) is 9.88 Å². The van der Waals surface area contributed by atoms with Gasteiger partial charge in [-0.25, -0.2) is 0 Å². The zero-order valence-corrected chi connectivity index (χ0v) is 12.8. The maximum Gasteiger partial charge on any atom is 0.256 e. The first-order chi connectivity index (χ1) is 10.6. The van der Waals surface area contributed by atoms with Crippen molar-refractivity contribution in [1.29, 1.82) is 0 Å². The van der Waals surface area contributed by atoms with Crippen LogP contribution in [-0.4, -0.2) is 24.0 Å². The summed E-state index contributed by atoms with van der Waals surface area (Å²) in [7, 11) is 4.13. The van der Waals surface area contributed by atoms with Crippen LogP contribution >= 0.6 is 0 Å². The standard InChI is InChI=1S/C19H18N2O/c1-21(2)11-12-7-8-13-10-17-14-5-3-4-6-15(14)19(22)20-18(17)16(13)9-12/h3-9H,10-11H2,1-2H3,(H,20,22). The van der Waals surface area contributed by atoms with Crippen LogP contribution in [0.5, 0.6) is 0 Å². The molecule has 0 fully saturated rings. The minimum Gasteiger partial charge on any atom is -0.321 e. The molecule has 3 aromatic rings. The molecule has 2 aromatic carbocycles. The lowest BCUT2D eigenvalue weighted by molar-refractivity contribution is 0.402. The number of hydrogen-bond donors (Lipinski definition) is 1. The van der Waals surface area contributed by atoms with Crippen LogP contribution in [0, 0.1) is 0 Å². The highest BCUT2D eigenvalue weighted by atomic mass is 16.1. The fourth-order valence-electron chi connectivity index (χ4n) is 3.41. The van der Waals surface area contributed by atoms with E-state index in [1.165, 1.54) is 22.3 Å². The van der Waals surface area contributed by atoms with Crippen LogP contribution in [0.3, 0.4) is 0 Å². The van der Waals surface area contributed by atoms with Crippen molar-refractivity contribution in [2.45, 2.75) is 13.0 Å². The predicted molar refractivity (Wildman–Crippen MR) is 90.2 cm³/mol. The molecule has 0 radical (unpaired) electrons. The highest BCUT2D eigenvalue weighted by Crippen LogP contribution is 2.38. The second-order valence-electron chi connectivity index (χ2n) is 6.26. The minimum atomic E-state index is 0.000197. The van der Waals surface area contributed by atoms with E-state index < -0.39 is 0 Å². The van der Waals surface area contributed by atoms with E-state index in [0.29, 0.717) is 0 Å². The van der Waals surface area contributed by atoms with E-state index in [9.17, 15) is 4.79 Å². The van der Waals surface area contributed by atoms with Gasteiger partial charge in [0.2, 0.25) is 0 Å². The Kier molecular flexibility index (Phi) is 2.91. The Labute approximate surface area is 129 Å². The topological polar surface area (TPSA) is 36.1 Å². The van der Waals surface area contributed by atoms with Gasteiger partial charge >= 0.3 is 0 Å². The molecule has 1 heterocycles. The summed E-state index contributed by atoms with van der Waals surface area (Å²) < 4.78 is 0. The molecule has 0 saturated heterocycles. The second kappa shape index (κ2) is 4.82. The molecule has 1 aromatic heterocycles. The van der Waals surface area contributed by atoms with Gasteiger partial charge in [0.15, 0.2) is 0 Å². The van der Waals surface area contributed by atoms with Crippen LogP contribution < -0.4 is 5.56 Å². The number of rotatable bonds is 2. The van der Waals surface area contributed by atoms with Gasteiger partial charge in [-0.05, 0) is 48.3 Å². The number of pyridine rings is 1. The van der Waals surface area contributed by atoms with Crippen molar-refractivity contribution in [3.63, 3.8) is 0 Å². The fourth-order valence-corrected chi connectivity index (χ4v) is 3.41. The van der Waals surface area contributed by atoms with Crippen LogP contribution in [0.15, 0.2) is 47.3 Å². The van der Waals surface area contributed by atoms with E-state index in [4.69, 9.17) is 0 Å². The number of H-pyrrole nitrogens is 1. The highest BCUT2D eigenvalue weighted by molar-refractivity contribution is 5.92. The molecule has 0 spiro atoms. The third-order valence-electron chi connectivity index (χ3n) is 4.35. The molecule has 1 aliphatic carbocycles. The molecule has 1 N–H and O–H groups in total. The van der Waals surface area contributed by atoms with Crippen molar-refractivity contribution in [2.75, 3.05) is 14.1 Å². The van der Waals surface area contributed by atoms with Crippen LogP contribution in [0.2, 0.25) is 0 Å². The van der Waals surface area contributed by atoms with Crippen molar-refractivity contribution in [3.8, 4) is 11.3 Å². The third-order valence-corrected chi connectivity index (χ3v) is 4.35. The summed E-state index contributed by atoms with van der Waals surface area (Å²) in [5.41, 5.74) is 5.99. The Morgan fingerprint density at radius 1 is 1.09 bits per heavy atom. The lowest BCUT2D eigenvalue weighted by Gasteiger charge is -2.11. The number of nitrogens with one attached hydrogen (secondary N) is 1. The summed E-state index contributed by atoms with van der Waals surface area (Å²) >= 11 is 0. The van der Waals surface area contributed by atoms with E-state index in [2.05, 4.69) is 48.2 Å². The SMILES string of the molecule is CN(C)Cc1ccc2c(c1)-c1[nH]c(=O)c3ccccc3c1C2. The molecular weight excluding hydrogens is 272 g/mol. The van der Waals surface area contributed by atoms with E-state index in [1.807, 2.05) is 18.2 Å². The van der Waals surface area contributed by atoms with Crippen molar-refractivity contribution in [3.05, 3.63) is 69.5 Å². The lowest BCUT2D eigenvalue weighted by atomic mass is 10.0. The zero-order valence-electron chi connectivity index (χ0n) is 12.8. The first-order valence-electron chi connectivity index (χ1n) is 7.54. The Morgan fingerprint density at radius 2 is 1.86 bits per heavy atom. The van der Waals surface area contributed by atoms with Gasteiger partial charge in [0.1, 0.15) is 0 Å². The van der Waals surface area contributed by atoms with Gasteiger partial charge in [-0.1, -0.05) is 30.3 Å². The maximum atomic E-state index is 12.3. The number of nitrogens with zero attached hydrogens (tertiary/aromatic N) is 1.